The number of rotatable bonds is 5. The molecule has 158 valence electrons. The zero-order valence-corrected chi connectivity index (χ0v) is 17.4. The Labute approximate surface area is 176 Å². The van der Waals surface area contributed by atoms with Crippen LogP contribution in [0.2, 0.25) is 0 Å². The zero-order chi connectivity index (χ0) is 21.1. The van der Waals surface area contributed by atoms with Crippen LogP contribution in [-0.2, 0) is 11.2 Å². The van der Waals surface area contributed by atoms with E-state index in [1.165, 1.54) is 0 Å². The summed E-state index contributed by atoms with van der Waals surface area (Å²) in [7, 11) is 0. The number of hydrogen-bond donors (Lipinski definition) is 2. The zero-order valence-electron chi connectivity index (χ0n) is 17.4. The van der Waals surface area contributed by atoms with Gasteiger partial charge in [0.05, 0.1) is 6.54 Å². The summed E-state index contributed by atoms with van der Waals surface area (Å²) < 4.78 is 11.1. The molecule has 30 heavy (non-hydrogen) atoms. The van der Waals surface area contributed by atoms with Gasteiger partial charge in [0, 0.05) is 35.6 Å². The van der Waals surface area contributed by atoms with Crippen molar-refractivity contribution in [1.29, 1.82) is 0 Å². The molecule has 2 amide bonds. The number of carbonyl (C=O) groups excluding carboxylic acids is 2. The Morgan fingerprint density at radius 1 is 1.10 bits per heavy atom. The lowest BCUT2D eigenvalue weighted by atomic mass is 9.95. The molecule has 0 saturated heterocycles. The molecule has 7 nitrogen and oxygen atoms in total. The van der Waals surface area contributed by atoms with E-state index in [1.807, 2.05) is 43.0 Å². The summed E-state index contributed by atoms with van der Waals surface area (Å²) in [4.78, 5) is 27.3. The molecule has 2 heterocycles. The fourth-order valence-corrected chi connectivity index (χ4v) is 3.91. The topological polar surface area (TPSA) is 79.9 Å². The molecule has 4 rings (SSSR count). The first-order valence-corrected chi connectivity index (χ1v) is 10.4. The van der Waals surface area contributed by atoms with E-state index in [9.17, 15) is 9.59 Å². The molecule has 0 aromatic heterocycles. The number of ether oxygens (including phenoxy) is 2. The second-order valence-corrected chi connectivity index (χ2v) is 7.86. The van der Waals surface area contributed by atoms with Crippen LogP contribution in [0.4, 0.5) is 11.4 Å². The lowest BCUT2D eigenvalue weighted by Crippen LogP contribution is -2.38. The summed E-state index contributed by atoms with van der Waals surface area (Å²) in [6.45, 7) is 5.92. The minimum absolute atomic E-state index is 0.0653. The molecule has 0 atom stereocenters. The largest absolute Gasteiger partial charge is 0.486 e. The molecule has 0 bridgehead atoms. The third-order valence-corrected chi connectivity index (χ3v) is 5.17. The van der Waals surface area contributed by atoms with Crippen molar-refractivity contribution < 1.29 is 19.1 Å². The van der Waals surface area contributed by atoms with Crippen molar-refractivity contribution in [3.8, 4) is 11.5 Å². The Hall–Kier alpha value is -3.22. The molecule has 0 unspecified atom stereocenters. The van der Waals surface area contributed by atoms with Gasteiger partial charge in [-0.2, -0.15) is 0 Å². The molecule has 2 N–H and O–H groups in total. The first kappa shape index (κ1) is 20.1. The Kier molecular flexibility index (Phi) is 5.79. The van der Waals surface area contributed by atoms with E-state index < -0.39 is 0 Å². The van der Waals surface area contributed by atoms with Gasteiger partial charge in [0.1, 0.15) is 13.2 Å². The van der Waals surface area contributed by atoms with Crippen molar-refractivity contribution >= 4 is 23.2 Å². The highest BCUT2D eigenvalue weighted by Crippen LogP contribution is 2.33. The number of carbonyl (C=O) groups is 2. The second-order valence-electron chi connectivity index (χ2n) is 7.86. The van der Waals surface area contributed by atoms with Gasteiger partial charge in [0.2, 0.25) is 5.91 Å². The summed E-state index contributed by atoms with van der Waals surface area (Å²) in [6, 6.07) is 11.2. The van der Waals surface area contributed by atoms with Gasteiger partial charge in [-0.25, -0.2) is 0 Å². The highest BCUT2D eigenvalue weighted by Gasteiger charge is 2.24. The normalized spacial score (nSPS) is 14.8. The Balaban J connectivity index is 1.47. The van der Waals surface area contributed by atoms with Gasteiger partial charge < -0.3 is 25.0 Å². The van der Waals surface area contributed by atoms with Crippen molar-refractivity contribution in [3.63, 3.8) is 0 Å². The number of fused-ring (bicyclic) bond motifs is 2. The van der Waals surface area contributed by atoms with Gasteiger partial charge in [-0.1, -0.05) is 6.07 Å². The number of nitrogens with zero attached hydrogens (tertiary/aromatic N) is 1. The van der Waals surface area contributed by atoms with Crippen LogP contribution in [0.3, 0.4) is 0 Å². The van der Waals surface area contributed by atoms with E-state index in [4.69, 9.17) is 9.47 Å². The lowest BCUT2D eigenvalue weighted by molar-refractivity contribution is -0.115. The maximum Gasteiger partial charge on any atom is 0.251 e. The third kappa shape index (κ3) is 4.35. The molecule has 0 saturated carbocycles. The van der Waals surface area contributed by atoms with Crippen molar-refractivity contribution in [2.45, 2.75) is 32.7 Å². The van der Waals surface area contributed by atoms with Crippen molar-refractivity contribution in [3.05, 3.63) is 47.5 Å². The molecule has 0 fully saturated rings. The SMILES string of the molecule is CC(C)NC(=O)c1cccc2c1CCCN2CC(=O)Nc1ccc2c(c1)OCCO2. The fraction of sp³-hybridized carbons (Fsp3) is 0.391. The van der Waals surface area contributed by atoms with Gasteiger partial charge in [-0.05, 0) is 56.5 Å². The quantitative estimate of drug-likeness (QED) is 0.794. The standard InChI is InChI=1S/C23H27N3O4/c1-15(2)24-23(28)18-5-3-7-19-17(18)6-4-10-26(19)14-22(27)25-16-8-9-20-21(13-16)30-12-11-29-20/h3,5,7-9,13,15H,4,6,10-12,14H2,1-2H3,(H,24,28)(H,25,27). The lowest BCUT2D eigenvalue weighted by Gasteiger charge is -2.32. The molecule has 2 aromatic carbocycles. The van der Waals surface area contributed by atoms with Crippen molar-refractivity contribution in [2.75, 3.05) is 36.5 Å². The number of hydrogen-bond acceptors (Lipinski definition) is 5. The van der Waals surface area contributed by atoms with Gasteiger partial charge in [-0.3, -0.25) is 9.59 Å². The first-order chi connectivity index (χ1) is 14.5. The smallest absolute Gasteiger partial charge is 0.251 e. The molecule has 0 radical (unpaired) electrons. The van der Waals surface area contributed by atoms with E-state index >= 15 is 0 Å². The van der Waals surface area contributed by atoms with Gasteiger partial charge in [-0.15, -0.1) is 0 Å². The summed E-state index contributed by atoms with van der Waals surface area (Å²) in [5.41, 5.74) is 3.33. The Bertz CT molecular complexity index is 957. The number of amides is 2. The molecule has 2 aliphatic heterocycles. The molecule has 0 spiro atoms. The highest BCUT2D eigenvalue weighted by molar-refractivity contribution is 5.98. The minimum atomic E-state index is -0.114. The van der Waals surface area contributed by atoms with Crippen LogP contribution >= 0.6 is 0 Å². The predicted octanol–water partition coefficient (Wildman–Crippen LogP) is 2.99. The maximum atomic E-state index is 12.7. The molecular formula is C23H27N3O4. The summed E-state index contributed by atoms with van der Waals surface area (Å²) in [6.07, 6.45) is 1.73. The molecule has 2 aliphatic rings. The summed E-state index contributed by atoms with van der Waals surface area (Å²) in [5, 5.41) is 5.90. The van der Waals surface area contributed by atoms with Crippen LogP contribution in [0.5, 0.6) is 11.5 Å². The number of benzene rings is 2. The van der Waals surface area contributed by atoms with Crippen LogP contribution in [0.15, 0.2) is 36.4 Å². The molecular weight excluding hydrogens is 382 g/mol. The van der Waals surface area contributed by atoms with Crippen LogP contribution in [0, 0.1) is 0 Å². The first-order valence-electron chi connectivity index (χ1n) is 10.4. The fourth-order valence-electron chi connectivity index (χ4n) is 3.91. The van der Waals surface area contributed by atoms with E-state index in [2.05, 4.69) is 10.6 Å². The van der Waals surface area contributed by atoms with Crippen LogP contribution in [0.25, 0.3) is 0 Å². The summed E-state index contributed by atoms with van der Waals surface area (Å²) >= 11 is 0. The molecule has 2 aromatic rings. The molecule has 0 aliphatic carbocycles. The van der Waals surface area contributed by atoms with E-state index in [1.54, 1.807) is 12.1 Å². The average Bonchev–Trinajstić information content (AvgIpc) is 2.73. The van der Waals surface area contributed by atoms with Crippen LogP contribution in [0.1, 0.15) is 36.2 Å². The Morgan fingerprint density at radius 3 is 2.70 bits per heavy atom. The van der Waals surface area contributed by atoms with Crippen molar-refractivity contribution in [2.24, 2.45) is 0 Å². The number of nitrogens with one attached hydrogen (secondary N) is 2. The number of anilines is 2. The predicted molar refractivity (Wildman–Crippen MR) is 116 cm³/mol. The average molecular weight is 409 g/mol. The van der Waals surface area contributed by atoms with Crippen LogP contribution in [-0.4, -0.2) is 44.2 Å². The second kappa shape index (κ2) is 8.65. The maximum absolute atomic E-state index is 12.7. The third-order valence-electron chi connectivity index (χ3n) is 5.17. The van der Waals surface area contributed by atoms with E-state index in [0.717, 1.165) is 30.6 Å². The van der Waals surface area contributed by atoms with Gasteiger partial charge in [0.25, 0.3) is 5.91 Å². The van der Waals surface area contributed by atoms with E-state index in [0.29, 0.717) is 36.0 Å². The summed E-state index contributed by atoms with van der Waals surface area (Å²) in [5.74, 6) is 1.15. The van der Waals surface area contributed by atoms with Gasteiger partial charge in [0.15, 0.2) is 11.5 Å². The van der Waals surface area contributed by atoms with Gasteiger partial charge >= 0.3 is 0 Å². The minimum Gasteiger partial charge on any atom is -0.486 e. The monoisotopic (exact) mass is 409 g/mol. The van der Waals surface area contributed by atoms with E-state index in [-0.39, 0.29) is 24.4 Å². The highest BCUT2D eigenvalue weighted by atomic mass is 16.6. The van der Waals surface area contributed by atoms with Crippen molar-refractivity contribution in [1.82, 2.24) is 5.32 Å². The Morgan fingerprint density at radius 2 is 1.90 bits per heavy atom. The molecule has 7 heteroatoms. The van der Waals surface area contributed by atoms with Crippen LogP contribution < -0.4 is 25.0 Å².